The predicted molar refractivity (Wildman–Crippen MR) is 109 cm³/mol. The molecule has 142 valence electrons. The number of rotatable bonds is 4. The van der Waals surface area contributed by atoms with Gasteiger partial charge in [0.1, 0.15) is 6.54 Å². The molecule has 5 nitrogen and oxygen atoms in total. The largest absolute Gasteiger partial charge is 0.368 e. The van der Waals surface area contributed by atoms with Gasteiger partial charge in [-0.2, -0.15) is 0 Å². The van der Waals surface area contributed by atoms with E-state index in [0.717, 1.165) is 29.9 Å². The first-order valence-electron chi connectivity index (χ1n) is 9.38. The number of nitrogens with zero attached hydrogens (tertiary/aromatic N) is 3. The Hall–Kier alpha value is -2.82. The third kappa shape index (κ3) is 4.67. The minimum atomic E-state index is -0.115. The van der Waals surface area contributed by atoms with Crippen LogP contribution in [0.3, 0.4) is 0 Å². The summed E-state index contributed by atoms with van der Waals surface area (Å²) in [5.74, 6) is -0.117. The summed E-state index contributed by atoms with van der Waals surface area (Å²) < 4.78 is 0. The molecular formula is C22H27N3O2. The van der Waals surface area contributed by atoms with Gasteiger partial charge in [0.2, 0.25) is 11.8 Å². The molecule has 3 rings (SSSR count). The van der Waals surface area contributed by atoms with Gasteiger partial charge >= 0.3 is 0 Å². The molecule has 1 aliphatic rings. The zero-order valence-corrected chi connectivity index (χ0v) is 16.3. The summed E-state index contributed by atoms with van der Waals surface area (Å²) in [6.45, 7) is 8.55. The number of amides is 2. The van der Waals surface area contributed by atoms with Gasteiger partial charge in [-0.05, 0) is 49.2 Å². The Kier molecular flexibility index (Phi) is 5.79. The number of carbonyl (C=O) groups excluding carboxylic acids is 2. The van der Waals surface area contributed by atoms with Crippen molar-refractivity contribution >= 4 is 23.2 Å². The molecule has 1 saturated heterocycles. The number of para-hydroxylation sites is 1. The lowest BCUT2D eigenvalue weighted by Gasteiger charge is -2.37. The molecule has 0 aliphatic carbocycles. The number of benzene rings is 2. The van der Waals surface area contributed by atoms with Gasteiger partial charge in [0, 0.05) is 44.5 Å². The maximum atomic E-state index is 12.8. The monoisotopic (exact) mass is 365 g/mol. The molecule has 0 aromatic heterocycles. The van der Waals surface area contributed by atoms with E-state index in [1.807, 2.05) is 49.1 Å². The van der Waals surface area contributed by atoms with Gasteiger partial charge in [-0.25, -0.2) is 0 Å². The molecule has 0 saturated carbocycles. The molecule has 0 bridgehead atoms. The molecule has 1 fully saturated rings. The van der Waals surface area contributed by atoms with E-state index < -0.39 is 0 Å². The highest BCUT2D eigenvalue weighted by Crippen LogP contribution is 2.20. The molecule has 1 heterocycles. The third-order valence-corrected chi connectivity index (χ3v) is 4.95. The Morgan fingerprint density at radius 2 is 1.52 bits per heavy atom. The van der Waals surface area contributed by atoms with Crippen molar-refractivity contribution < 1.29 is 9.59 Å². The van der Waals surface area contributed by atoms with E-state index in [1.54, 1.807) is 4.90 Å². The normalized spacial score (nSPS) is 14.2. The molecule has 1 aliphatic heterocycles. The molecule has 0 radical (unpaired) electrons. The van der Waals surface area contributed by atoms with Gasteiger partial charge in [-0.3, -0.25) is 9.59 Å². The number of anilines is 2. The second kappa shape index (κ2) is 8.25. The number of hydrogen-bond acceptors (Lipinski definition) is 3. The smallest absolute Gasteiger partial charge is 0.242 e. The fourth-order valence-corrected chi connectivity index (χ4v) is 3.58. The lowest BCUT2D eigenvalue weighted by molar-refractivity contribution is -0.131. The second-order valence-corrected chi connectivity index (χ2v) is 7.15. The van der Waals surface area contributed by atoms with Crippen molar-refractivity contribution in [1.29, 1.82) is 0 Å². The summed E-state index contributed by atoms with van der Waals surface area (Å²) in [5, 5.41) is 0. The summed E-state index contributed by atoms with van der Waals surface area (Å²) >= 11 is 0. The SMILES string of the molecule is CC(=O)N(CC(=O)N1CCN(c2ccccc2)CC1)c1cc(C)cc(C)c1. The van der Waals surface area contributed by atoms with Crippen molar-refractivity contribution in [3.63, 3.8) is 0 Å². The molecule has 2 aromatic rings. The van der Waals surface area contributed by atoms with Crippen LogP contribution in [-0.2, 0) is 9.59 Å². The first-order valence-corrected chi connectivity index (χ1v) is 9.38. The molecule has 0 N–H and O–H groups in total. The molecule has 5 heteroatoms. The number of piperazine rings is 1. The Balaban J connectivity index is 1.64. The van der Waals surface area contributed by atoms with Gasteiger partial charge < -0.3 is 14.7 Å². The van der Waals surface area contributed by atoms with Crippen LogP contribution >= 0.6 is 0 Å². The molecule has 27 heavy (non-hydrogen) atoms. The van der Waals surface area contributed by atoms with Crippen LogP contribution in [-0.4, -0.2) is 49.4 Å². The minimum absolute atomic E-state index is 0.00271. The van der Waals surface area contributed by atoms with E-state index in [9.17, 15) is 9.59 Å². The number of carbonyl (C=O) groups is 2. The van der Waals surface area contributed by atoms with E-state index in [1.165, 1.54) is 12.6 Å². The lowest BCUT2D eigenvalue weighted by Crippen LogP contribution is -2.51. The molecular weight excluding hydrogens is 338 g/mol. The standard InChI is InChI=1S/C22H27N3O2/c1-17-13-18(2)15-21(14-17)25(19(3)26)16-22(27)24-11-9-23(10-12-24)20-7-5-4-6-8-20/h4-8,13-15H,9-12,16H2,1-3H3. The summed E-state index contributed by atoms with van der Waals surface area (Å²) in [5.41, 5.74) is 4.14. The first kappa shape index (κ1) is 19.0. The second-order valence-electron chi connectivity index (χ2n) is 7.15. The van der Waals surface area contributed by atoms with Crippen molar-refractivity contribution in [2.75, 3.05) is 42.5 Å². The van der Waals surface area contributed by atoms with Gasteiger partial charge in [-0.1, -0.05) is 24.3 Å². The maximum absolute atomic E-state index is 12.8. The summed E-state index contributed by atoms with van der Waals surface area (Å²) in [7, 11) is 0. The van der Waals surface area contributed by atoms with Gasteiger partial charge in [0.05, 0.1) is 0 Å². The van der Waals surface area contributed by atoms with Crippen molar-refractivity contribution in [1.82, 2.24) is 4.90 Å². The number of aryl methyl sites for hydroxylation is 2. The van der Waals surface area contributed by atoms with Gasteiger partial charge in [0.15, 0.2) is 0 Å². The first-order chi connectivity index (χ1) is 12.9. The fraction of sp³-hybridized carbons (Fsp3) is 0.364. The van der Waals surface area contributed by atoms with Crippen LogP contribution in [0.4, 0.5) is 11.4 Å². The topological polar surface area (TPSA) is 43.9 Å². The Morgan fingerprint density at radius 1 is 0.926 bits per heavy atom. The summed E-state index contributed by atoms with van der Waals surface area (Å²) in [4.78, 5) is 30.7. The van der Waals surface area contributed by atoms with Crippen LogP contribution in [0.2, 0.25) is 0 Å². The quantitative estimate of drug-likeness (QED) is 0.837. The van der Waals surface area contributed by atoms with Gasteiger partial charge in [-0.15, -0.1) is 0 Å². The Labute approximate surface area is 161 Å². The zero-order valence-electron chi connectivity index (χ0n) is 16.3. The Morgan fingerprint density at radius 3 is 2.07 bits per heavy atom. The maximum Gasteiger partial charge on any atom is 0.242 e. The van der Waals surface area contributed by atoms with Crippen LogP contribution in [0, 0.1) is 13.8 Å². The zero-order chi connectivity index (χ0) is 19.4. The Bertz CT molecular complexity index is 791. The van der Waals surface area contributed by atoms with Crippen LogP contribution in [0.15, 0.2) is 48.5 Å². The van der Waals surface area contributed by atoms with E-state index in [4.69, 9.17) is 0 Å². The average molecular weight is 365 g/mol. The molecule has 2 amide bonds. The average Bonchev–Trinajstić information content (AvgIpc) is 2.65. The van der Waals surface area contributed by atoms with E-state index >= 15 is 0 Å². The molecule has 2 aromatic carbocycles. The van der Waals surface area contributed by atoms with Crippen LogP contribution in [0.5, 0.6) is 0 Å². The lowest BCUT2D eigenvalue weighted by atomic mass is 10.1. The highest BCUT2D eigenvalue weighted by molar-refractivity contribution is 5.97. The van der Waals surface area contributed by atoms with Crippen molar-refractivity contribution in [3.8, 4) is 0 Å². The summed E-state index contributed by atoms with van der Waals surface area (Å²) in [6, 6.07) is 16.2. The molecule has 0 unspecified atom stereocenters. The van der Waals surface area contributed by atoms with Crippen molar-refractivity contribution in [3.05, 3.63) is 59.7 Å². The summed E-state index contributed by atoms with van der Waals surface area (Å²) in [6.07, 6.45) is 0. The van der Waals surface area contributed by atoms with Crippen LogP contribution in [0.25, 0.3) is 0 Å². The van der Waals surface area contributed by atoms with Crippen LogP contribution < -0.4 is 9.80 Å². The minimum Gasteiger partial charge on any atom is -0.368 e. The highest BCUT2D eigenvalue weighted by Gasteiger charge is 2.24. The highest BCUT2D eigenvalue weighted by atomic mass is 16.2. The fourth-order valence-electron chi connectivity index (χ4n) is 3.58. The van der Waals surface area contributed by atoms with Gasteiger partial charge in [0.25, 0.3) is 0 Å². The predicted octanol–water partition coefficient (Wildman–Crippen LogP) is 3.01. The van der Waals surface area contributed by atoms with Crippen molar-refractivity contribution in [2.45, 2.75) is 20.8 Å². The van der Waals surface area contributed by atoms with E-state index in [0.29, 0.717) is 13.1 Å². The van der Waals surface area contributed by atoms with Crippen LogP contribution in [0.1, 0.15) is 18.1 Å². The number of hydrogen-bond donors (Lipinski definition) is 0. The van der Waals surface area contributed by atoms with Crippen molar-refractivity contribution in [2.24, 2.45) is 0 Å². The third-order valence-electron chi connectivity index (χ3n) is 4.95. The molecule has 0 atom stereocenters. The molecule has 0 spiro atoms. The van der Waals surface area contributed by atoms with E-state index in [-0.39, 0.29) is 18.4 Å². The van der Waals surface area contributed by atoms with E-state index in [2.05, 4.69) is 23.1 Å².